The summed E-state index contributed by atoms with van der Waals surface area (Å²) in [6.45, 7) is 3.13. The molecule has 0 aromatic heterocycles. The van der Waals surface area contributed by atoms with Crippen molar-refractivity contribution in [3.8, 4) is 0 Å². The Morgan fingerprint density at radius 1 is 0.962 bits per heavy atom. The summed E-state index contributed by atoms with van der Waals surface area (Å²) < 4.78 is 39.9. The molecule has 2 aromatic carbocycles. The summed E-state index contributed by atoms with van der Waals surface area (Å²) in [7, 11) is -3.42. The molecule has 4 nitrogen and oxygen atoms in total. The van der Waals surface area contributed by atoms with Gasteiger partial charge in [-0.25, -0.2) is 12.8 Å². The second-order valence-electron chi connectivity index (χ2n) is 6.40. The molecule has 0 saturated carbocycles. The first kappa shape index (κ1) is 18.8. The molecule has 0 atom stereocenters. The molecule has 0 bridgehead atoms. The number of hydrogen-bond donors (Lipinski definition) is 0. The Morgan fingerprint density at radius 3 is 2.38 bits per heavy atom. The highest BCUT2D eigenvalue weighted by molar-refractivity contribution is 7.88. The van der Waals surface area contributed by atoms with Gasteiger partial charge in [-0.3, -0.25) is 4.90 Å². The van der Waals surface area contributed by atoms with Gasteiger partial charge in [-0.1, -0.05) is 54.6 Å². The molecular weight excluding hydrogens is 351 g/mol. The van der Waals surface area contributed by atoms with Crippen LogP contribution in [0, 0.1) is 5.82 Å². The normalized spacial score (nSPS) is 17.0. The van der Waals surface area contributed by atoms with E-state index in [-0.39, 0.29) is 5.75 Å². The molecule has 1 saturated heterocycles. The van der Waals surface area contributed by atoms with Crippen molar-refractivity contribution in [2.75, 3.05) is 32.7 Å². The van der Waals surface area contributed by atoms with Crippen molar-refractivity contribution in [1.82, 2.24) is 9.21 Å². The fraction of sp³-hybridized carbons (Fsp3) is 0.300. The molecule has 1 aliphatic heterocycles. The predicted molar refractivity (Wildman–Crippen MR) is 103 cm³/mol. The second-order valence-corrected chi connectivity index (χ2v) is 8.37. The Hall–Kier alpha value is -2.02. The summed E-state index contributed by atoms with van der Waals surface area (Å²) in [6, 6.07) is 15.9. The average Bonchev–Trinajstić information content (AvgIpc) is 2.63. The van der Waals surface area contributed by atoms with Crippen molar-refractivity contribution in [1.29, 1.82) is 0 Å². The van der Waals surface area contributed by atoms with Gasteiger partial charge in [-0.15, -0.1) is 0 Å². The molecule has 26 heavy (non-hydrogen) atoms. The van der Waals surface area contributed by atoms with Gasteiger partial charge < -0.3 is 0 Å². The number of rotatable bonds is 6. The molecule has 138 valence electrons. The third kappa shape index (κ3) is 5.24. The predicted octanol–water partition coefficient (Wildman–Crippen LogP) is 2.99. The number of sulfonamides is 1. The van der Waals surface area contributed by atoms with Gasteiger partial charge in [-0.2, -0.15) is 4.31 Å². The first-order valence-electron chi connectivity index (χ1n) is 8.69. The Kier molecular flexibility index (Phi) is 6.19. The summed E-state index contributed by atoms with van der Waals surface area (Å²) in [5.74, 6) is -0.564. The van der Waals surface area contributed by atoms with E-state index in [0.29, 0.717) is 31.7 Å². The average molecular weight is 374 g/mol. The van der Waals surface area contributed by atoms with Crippen LogP contribution in [0.25, 0.3) is 6.08 Å². The van der Waals surface area contributed by atoms with Crippen LogP contribution in [0.5, 0.6) is 0 Å². The van der Waals surface area contributed by atoms with E-state index in [0.717, 1.165) is 12.1 Å². The van der Waals surface area contributed by atoms with E-state index in [4.69, 9.17) is 0 Å². The quantitative estimate of drug-likeness (QED) is 0.781. The Morgan fingerprint density at radius 2 is 1.69 bits per heavy atom. The molecule has 0 unspecified atom stereocenters. The van der Waals surface area contributed by atoms with Gasteiger partial charge in [0.15, 0.2) is 0 Å². The van der Waals surface area contributed by atoms with Crippen molar-refractivity contribution in [3.05, 3.63) is 77.6 Å². The molecule has 3 rings (SSSR count). The minimum Gasteiger partial charge on any atom is -0.297 e. The maximum Gasteiger partial charge on any atom is 0.218 e. The van der Waals surface area contributed by atoms with Crippen molar-refractivity contribution in [2.24, 2.45) is 0 Å². The minimum absolute atomic E-state index is 0.154. The molecule has 0 spiro atoms. The molecule has 1 fully saturated rings. The highest BCUT2D eigenvalue weighted by Crippen LogP contribution is 2.14. The van der Waals surface area contributed by atoms with E-state index < -0.39 is 15.8 Å². The van der Waals surface area contributed by atoms with Gasteiger partial charge in [0.1, 0.15) is 5.82 Å². The third-order valence-corrected chi connectivity index (χ3v) is 6.29. The summed E-state index contributed by atoms with van der Waals surface area (Å²) in [5.41, 5.74) is 1.64. The summed E-state index contributed by atoms with van der Waals surface area (Å²) >= 11 is 0. The molecule has 0 N–H and O–H groups in total. The van der Waals surface area contributed by atoms with Crippen LogP contribution in [-0.4, -0.2) is 50.3 Å². The maximum absolute atomic E-state index is 13.3. The zero-order chi connectivity index (χ0) is 18.4. The molecular formula is C20H23FN2O2S. The number of halogens is 1. The van der Waals surface area contributed by atoms with E-state index in [1.807, 2.05) is 30.3 Å². The van der Waals surface area contributed by atoms with Gasteiger partial charge >= 0.3 is 0 Å². The zero-order valence-corrected chi connectivity index (χ0v) is 15.4. The van der Waals surface area contributed by atoms with Crippen molar-refractivity contribution in [2.45, 2.75) is 5.75 Å². The van der Waals surface area contributed by atoms with Crippen LogP contribution < -0.4 is 0 Å². The van der Waals surface area contributed by atoms with Crippen LogP contribution in [0.15, 0.2) is 60.7 Å². The highest BCUT2D eigenvalue weighted by Gasteiger charge is 2.26. The van der Waals surface area contributed by atoms with E-state index >= 15 is 0 Å². The molecule has 0 aliphatic carbocycles. The van der Waals surface area contributed by atoms with E-state index in [1.54, 1.807) is 6.07 Å². The van der Waals surface area contributed by atoms with Crippen molar-refractivity contribution >= 4 is 16.1 Å². The van der Waals surface area contributed by atoms with Gasteiger partial charge in [0, 0.05) is 32.7 Å². The van der Waals surface area contributed by atoms with Crippen molar-refractivity contribution in [3.63, 3.8) is 0 Å². The molecule has 2 aromatic rings. The van der Waals surface area contributed by atoms with Crippen LogP contribution in [0.4, 0.5) is 4.39 Å². The van der Waals surface area contributed by atoms with Gasteiger partial charge in [0.05, 0.1) is 5.75 Å². The third-order valence-electron chi connectivity index (χ3n) is 4.44. The largest absolute Gasteiger partial charge is 0.297 e. The van der Waals surface area contributed by atoms with Crippen LogP contribution in [0.1, 0.15) is 11.1 Å². The van der Waals surface area contributed by atoms with Crippen LogP contribution in [-0.2, 0) is 15.8 Å². The topological polar surface area (TPSA) is 40.6 Å². The van der Waals surface area contributed by atoms with Crippen LogP contribution in [0.2, 0.25) is 0 Å². The lowest BCUT2D eigenvalue weighted by Crippen LogP contribution is -2.48. The zero-order valence-electron chi connectivity index (χ0n) is 14.6. The molecule has 0 radical (unpaired) electrons. The first-order valence-corrected chi connectivity index (χ1v) is 10.3. The Balaban J connectivity index is 1.50. The fourth-order valence-corrected chi connectivity index (χ4v) is 4.52. The lowest BCUT2D eigenvalue weighted by Gasteiger charge is -2.33. The molecule has 1 heterocycles. The van der Waals surface area contributed by atoms with Crippen LogP contribution in [0.3, 0.4) is 0 Å². The maximum atomic E-state index is 13.3. The standard InChI is InChI=1S/C20H23FN2O2S/c21-20-10-4-8-19(16-20)17-26(24,25)23-14-12-22(13-15-23)11-5-9-18-6-2-1-3-7-18/h1-10,16H,11-15,17H2/b9-5+. The van der Waals surface area contributed by atoms with Crippen molar-refractivity contribution < 1.29 is 12.8 Å². The first-order chi connectivity index (χ1) is 12.5. The number of hydrogen-bond acceptors (Lipinski definition) is 3. The van der Waals surface area contributed by atoms with E-state index in [1.165, 1.54) is 22.5 Å². The highest BCUT2D eigenvalue weighted by atomic mass is 32.2. The Labute approximate surface area is 154 Å². The van der Waals surface area contributed by atoms with Crippen LogP contribution >= 0.6 is 0 Å². The number of nitrogens with zero attached hydrogens (tertiary/aromatic N) is 2. The lowest BCUT2D eigenvalue weighted by molar-refractivity contribution is 0.204. The summed E-state index contributed by atoms with van der Waals surface area (Å²) in [5, 5.41) is 0. The number of benzene rings is 2. The summed E-state index contributed by atoms with van der Waals surface area (Å²) in [4.78, 5) is 2.23. The fourth-order valence-electron chi connectivity index (χ4n) is 3.02. The second kappa shape index (κ2) is 8.58. The molecule has 0 amide bonds. The monoisotopic (exact) mass is 374 g/mol. The van der Waals surface area contributed by atoms with Gasteiger partial charge in [-0.05, 0) is 23.3 Å². The SMILES string of the molecule is O=S(=O)(Cc1cccc(F)c1)N1CCN(C/C=C/c2ccccc2)CC1. The van der Waals surface area contributed by atoms with Gasteiger partial charge in [0.25, 0.3) is 0 Å². The van der Waals surface area contributed by atoms with E-state index in [9.17, 15) is 12.8 Å². The van der Waals surface area contributed by atoms with Gasteiger partial charge in [0.2, 0.25) is 10.0 Å². The Bertz CT molecular complexity index is 845. The van der Waals surface area contributed by atoms with E-state index in [2.05, 4.69) is 17.1 Å². The smallest absolute Gasteiger partial charge is 0.218 e. The lowest BCUT2D eigenvalue weighted by atomic mass is 10.2. The number of piperazine rings is 1. The molecule has 1 aliphatic rings. The molecule has 6 heteroatoms. The summed E-state index contributed by atoms with van der Waals surface area (Å²) in [6.07, 6.45) is 4.18. The minimum atomic E-state index is -3.42.